The van der Waals surface area contributed by atoms with E-state index in [0.717, 1.165) is 16.4 Å². The number of nitrogens with one attached hydrogen (secondary N) is 1. The number of hydrogen-bond donors (Lipinski definition) is 1. The summed E-state index contributed by atoms with van der Waals surface area (Å²) in [6.45, 7) is -0.691. The predicted octanol–water partition coefficient (Wildman–Crippen LogP) is 3.83. The van der Waals surface area contributed by atoms with Crippen molar-refractivity contribution in [3.63, 3.8) is 0 Å². The van der Waals surface area contributed by atoms with E-state index in [1.54, 1.807) is 0 Å². The van der Waals surface area contributed by atoms with Gasteiger partial charge in [0.1, 0.15) is 12.2 Å². The Morgan fingerprint density at radius 2 is 1.81 bits per heavy atom. The summed E-state index contributed by atoms with van der Waals surface area (Å²) in [5, 5.41) is 15.4. The topological polar surface area (TPSA) is 108 Å². The van der Waals surface area contributed by atoms with Crippen molar-refractivity contribution in [3.05, 3.63) is 76.6 Å². The fourth-order valence-electron chi connectivity index (χ4n) is 3.84. The van der Waals surface area contributed by atoms with Crippen LogP contribution < -0.4 is 5.32 Å². The van der Waals surface area contributed by atoms with Crippen LogP contribution in [0.2, 0.25) is 5.15 Å². The lowest BCUT2D eigenvalue weighted by molar-refractivity contribution is -0.137. The fourth-order valence-corrected chi connectivity index (χ4v) is 5.66. The molecule has 0 bridgehead atoms. The lowest BCUT2D eigenvalue weighted by atomic mass is 10.2. The minimum absolute atomic E-state index is 0.0305. The second-order valence-corrected chi connectivity index (χ2v) is 10.5. The number of sulfonamides is 1. The molecule has 14 heteroatoms. The number of hydrogen-bond acceptors (Lipinski definition) is 5. The Bertz CT molecular complexity index is 1450. The van der Waals surface area contributed by atoms with E-state index < -0.39 is 46.4 Å². The van der Waals surface area contributed by atoms with Crippen LogP contribution in [0.5, 0.6) is 0 Å². The van der Waals surface area contributed by atoms with E-state index in [-0.39, 0.29) is 28.6 Å². The Morgan fingerprint density at radius 1 is 1.16 bits per heavy atom. The van der Waals surface area contributed by atoms with Crippen LogP contribution in [0.4, 0.5) is 17.6 Å². The van der Waals surface area contributed by atoms with Gasteiger partial charge in [0, 0.05) is 31.3 Å². The Balaban J connectivity index is 1.47. The van der Waals surface area contributed by atoms with Gasteiger partial charge >= 0.3 is 6.18 Å². The third kappa shape index (κ3) is 5.61. The number of aromatic nitrogens is 2. The zero-order valence-corrected chi connectivity index (χ0v) is 20.4. The van der Waals surface area contributed by atoms with E-state index in [9.17, 15) is 30.8 Å². The molecule has 0 aliphatic carbocycles. The average Bonchev–Trinajstić information content (AvgIpc) is 3.45. The summed E-state index contributed by atoms with van der Waals surface area (Å²) in [5.41, 5.74) is 0.0198. The number of alkyl halides is 4. The number of nitriles is 1. The Kier molecular flexibility index (Phi) is 7.27. The number of nitrogens with zero attached hydrogens (tertiary/aromatic N) is 4. The van der Waals surface area contributed by atoms with Gasteiger partial charge in [0.05, 0.1) is 27.8 Å². The summed E-state index contributed by atoms with van der Waals surface area (Å²) in [7, 11) is -4.23. The van der Waals surface area contributed by atoms with E-state index in [0.29, 0.717) is 11.3 Å². The van der Waals surface area contributed by atoms with Gasteiger partial charge in [-0.2, -0.15) is 27.8 Å². The zero-order chi connectivity index (χ0) is 27.0. The molecule has 4 rings (SSSR count). The maximum atomic E-state index is 14.2. The molecule has 1 fully saturated rings. The van der Waals surface area contributed by atoms with E-state index in [1.165, 1.54) is 47.3 Å². The monoisotopic (exact) mass is 555 g/mol. The highest BCUT2D eigenvalue weighted by molar-refractivity contribution is 7.89. The Hall–Kier alpha value is -3.47. The van der Waals surface area contributed by atoms with Gasteiger partial charge in [-0.25, -0.2) is 17.5 Å². The first-order valence-corrected chi connectivity index (χ1v) is 12.6. The molecular weight excluding hydrogens is 538 g/mol. The Morgan fingerprint density at radius 3 is 2.41 bits per heavy atom. The van der Waals surface area contributed by atoms with E-state index in [4.69, 9.17) is 16.9 Å². The molecule has 0 radical (unpaired) electrons. The zero-order valence-electron chi connectivity index (χ0n) is 18.8. The van der Waals surface area contributed by atoms with Crippen molar-refractivity contribution in [3.8, 4) is 11.8 Å². The molecule has 194 valence electrons. The van der Waals surface area contributed by atoms with Crippen molar-refractivity contribution in [1.82, 2.24) is 19.4 Å². The molecule has 2 heterocycles. The van der Waals surface area contributed by atoms with Crippen LogP contribution in [0.3, 0.4) is 0 Å². The highest BCUT2D eigenvalue weighted by atomic mass is 35.5. The molecule has 1 aliphatic rings. The normalized spacial score (nSPS) is 18.5. The second-order valence-electron chi connectivity index (χ2n) is 8.21. The lowest BCUT2D eigenvalue weighted by Gasteiger charge is -2.23. The average molecular weight is 556 g/mol. The third-order valence-corrected chi connectivity index (χ3v) is 7.96. The predicted molar refractivity (Wildman–Crippen MR) is 124 cm³/mol. The number of benzene rings is 2. The molecule has 2 atom stereocenters. The number of halogens is 5. The molecule has 1 aromatic heterocycles. The van der Waals surface area contributed by atoms with E-state index in [2.05, 4.69) is 10.4 Å². The van der Waals surface area contributed by atoms with Crippen molar-refractivity contribution < 1.29 is 30.8 Å². The Labute approximate surface area is 214 Å². The summed E-state index contributed by atoms with van der Waals surface area (Å²) in [6.07, 6.45) is -4.99. The van der Waals surface area contributed by atoms with Gasteiger partial charge in [-0.3, -0.25) is 4.79 Å². The quantitative estimate of drug-likeness (QED) is 0.465. The number of rotatable bonds is 6. The molecule has 2 unspecified atom stereocenters. The van der Waals surface area contributed by atoms with Crippen LogP contribution in [0.25, 0.3) is 5.69 Å². The molecule has 1 aliphatic heterocycles. The number of amides is 1. The van der Waals surface area contributed by atoms with Crippen molar-refractivity contribution in [1.29, 1.82) is 5.26 Å². The molecule has 0 spiro atoms. The molecule has 1 N–H and O–H groups in total. The van der Waals surface area contributed by atoms with Crippen LogP contribution in [0, 0.1) is 11.3 Å². The first-order valence-electron chi connectivity index (χ1n) is 10.8. The van der Waals surface area contributed by atoms with Crippen LogP contribution in [-0.4, -0.2) is 47.2 Å². The molecule has 37 heavy (non-hydrogen) atoms. The largest absolute Gasteiger partial charge is 0.416 e. The maximum Gasteiger partial charge on any atom is 0.416 e. The first-order chi connectivity index (χ1) is 17.4. The second kappa shape index (κ2) is 10.1. The van der Waals surface area contributed by atoms with Gasteiger partial charge in [0.25, 0.3) is 0 Å². The van der Waals surface area contributed by atoms with Crippen LogP contribution in [-0.2, 0) is 27.5 Å². The number of carbonyl (C=O) groups is 1. The maximum absolute atomic E-state index is 14.2. The summed E-state index contributed by atoms with van der Waals surface area (Å²) in [6, 6.07) is 9.79. The highest BCUT2D eigenvalue weighted by Gasteiger charge is 2.44. The van der Waals surface area contributed by atoms with Crippen LogP contribution in [0.15, 0.2) is 59.6 Å². The summed E-state index contributed by atoms with van der Waals surface area (Å²) in [4.78, 5) is 12.7. The number of carbonyl (C=O) groups excluding carboxylic acids is 1. The summed E-state index contributed by atoms with van der Waals surface area (Å²) in [5.74, 6) is -0.754. The molecule has 1 saturated heterocycles. The summed E-state index contributed by atoms with van der Waals surface area (Å²) >= 11 is 6.12. The molecule has 1 amide bonds. The standard InChI is InChI=1S/C23H18ClF4N5O3S/c24-21-15(12-32(31-21)18-5-3-16(4-6-18)23(26,27)28)11-30-22(34)20-9-17(25)13-33(20)37(35,36)19-7-1-14(10-29)2-8-19/h1-8,12,17,20H,9,11,13H2,(H,30,34). The van der Waals surface area contributed by atoms with E-state index in [1.807, 2.05) is 6.07 Å². The molecule has 3 aromatic rings. The summed E-state index contributed by atoms with van der Waals surface area (Å²) < 4.78 is 80.7. The van der Waals surface area contributed by atoms with Gasteiger partial charge in [0.2, 0.25) is 15.9 Å². The first kappa shape index (κ1) is 26.6. The van der Waals surface area contributed by atoms with Crippen molar-refractivity contribution in [2.45, 2.75) is 36.3 Å². The SMILES string of the molecule is N#Cc1ccc(S(=O)(=O)N2CC(F)CC2C(=O)NCc2cn(-c3ccc(C(F)(F)F)cc3)nc2Cl)cc1. The molecule has 0 saturated carbocycles. The minimum atomic E-state index is -4.49. The van der Waals surface area contributed by atoms with Crippen molar-refractivity contribution >= 4 is 27.5 Å². The molecule has 8 nitrogen and oxygen atoms in total. The van der Waals surface area contributed by atoms with Gasteiger partial charge in [-0.05, 0) is 48.5 Å². The minimum Gasteiger partial charge on any atom is -0.350 e. The van der Waals surface area contributed by atoms with E-state index >= 15 is 0 Å². The smallest absolute Gasteiger partial charge is 0.350 e. The van der Waals surface area contributed by atoms with Crippen LogP contribution in [0.1, 0.15) is 23.1 Å². The molecular formula is C23H18ClF4N5O3S. The van der Waals surface area contributed by atoms with Gasteiger partial charge in [-0.15, -0.1) is 0 Å². The van der Waals surface area contributed by atoms with Gasteiger partial charge < -0.3 is 5.32 Å². The van der Waals surface area contributed by atoms with Crippen molar-refractivity contribution in [2.75, 3.05) is 6.54 Å². The highest BCUT2D eigenvalue weighted by Crippen LogP contribution is 2.30. The van der Waals surface area contributed by atoms with Gasteiger partial charge in [-0.1, -0.05) is 11.6 Å². The fraction of sp³-hybridized carbons (Fsp3) is 0.261. The third-order valence-electron chi connectivity index (χ3n) is 5.75. The lowest BCUT2D eigenvalue weighted by Crippen LogP contribution is -2.45. The van der Waals surface area contributed by atoms with Crippen molar-refractivity contribution in [2.24, 2.45) is 0 Å². The molecule has 2 aromatic carbocycles. The van der Waals surface area contributed by atoms with Gasteiger partial charge in [0.15, 0.2) is 5.15 Å². The van der Waals surface area contributed by atoms with Crippen LogP contribution >= 0.6 is 11.6 Å².